The molecule has 0 aromatic heterocycles. The molecule has 0 aliphatic carbocycles. The number of hydrogen-bond donors (Lipinski definition) is 2. The van der Waals surface area contributed by atoms with Crippen LogP contribution in [-0.2, 0) is 17.6 Å². The molecule has 0 atom stereocenters. The Kier molecular flexibility index (Phi) is 1.93. The van der Waals surface area contributed by atoms with Crippen molar-refractivity contribution in [2.24, 2.45) is 5.73 Å². The fourth-order valence-corrected chi connectivity index (χ4v) is 1.75. The highest BCUT2D eigenvalue weighted by Crippen LogP contribution is 2.26. The molecule has 1 heterocycles. The topological polar surface area (TPSA) is 55.1 Å². The SMILES string of the molecule is NC(=O)Cc1cccc2c1NCC2. The zero-order chi connectivity index (χ0) is 9.26. The molecular weight excluding hydrogens is 164 g/mol. The number of primary amides is 1. The number of benzene rings is 1. The lowest BCUT2D eigenvalue weighted by Crippen LogP contribution is -2.14. The number of rotatable bonds is 2. The molecule has 2 rings (SSSR count). The van der Waals surface area contributed by atoms with E-state index in [-0.39, 0.29) is 5.91 Å². The Bertz CT molecular complexity index is 347. The molecule has 0 unspecified atom stereocenters. The molecule has 0 radical (unpaired) electrons. The number of anilines is 1. The van der Waals surface area contributed by atoms with Gasteiger partial charge in [-0.05, 0) is 17.5 Å². The van der Waals surface area contributed by atoms with Crippen LogP contribution in [0.5, 0.6) is 0 Å². The van der Waals surface area contributed by atoms with Crippen LogP contribution in [0.15, 0.2) is 18.2 Å². The van der Waals surface area contributed by atoms with Gasteiger partial charge in [-0.25, -0.2) is 0 Å². The van der Waals surface area contributed by atoms with Crippen molar-refractivity contribution in [1.82, 2.24) is 0 Å². The van der Waals surface area contributed by atoms with Gasteiger partial charge in [-0.2, -0.15) is 0 Å². The molecule has 1 aromatic rings. The lowest BCUT2D eigenvalue weighted by molar-refractivity contribution is -0.117. The molecular formula is C10H12N2O. The first kappa shape index (κ1) is 8.10. The Morgan fingerprint density at radius 3 is 3.15 bits per heavy atom. The molecule has 3 nitrogen and oxygen atoms in total. The molecule has 1 amide bonds. The maximum Gasteiger partial charge on any atom is 0.221 e. The van der Waals surface area contributed by atoms with E-state index in [9.17, 15) is 4.79 Å². The number of nitrogens with two attached hydrogens (primary N) is 1. The molecule has 13 heavy (non-hydrogen) atoms. The standard InChI is InChI=1S/C10H12N2O/c11-9(13)6-8-3-1-2-7-4-5-12-10(7)8/h1-3,12H,4-6H2,(H2,11,13). The second kappa shape index (κ2) is 3.09. The van der Waals surface area contributed by atoms with E-state index >= 15 is 0 Å². The van der Waals surface area contributed by atoms with Gasteiger partial charge in [0.15, 0.2) is 0 Å². The van der Waals surface area contributed by atoms with Gasteiger partial charge in [0.1, 0.15) is 0 Å². The van der Waals surface area contributed by atoms with E-state index < -0.39 is 0 Å². The minimum absolute atomic E-state index is 0.276. The first-order chi connectivity index (χ1) is 6.27. The van der Waals surface area contributed by atoms with Gasteiger partial charge in [-0.15, -0.1) is 0 Å². The molecule has 1 aliphatic heterocycles. The monoisotopic (exact) mass is 176 g/mol. The lowest BCUT2D eigenvalue weighted by atomic mass is 10.1. The largest absolute Gasteiger partial charge is 0.384 e. The quantitative estimate of drug-likeness (QED) is 0.696. The van der Waals surface area contributed by atoms with Crippen molar-refractivity contribution in [2.45, 2.75) is 12.8 Å². The average molecular weight is 176 g/mol. The second-order valence-electron chi connectivity index (χ2n) is 3.27. The highest BCUT2D eigenvalue weighted by molar-refractivity contribution is 5.79. The number of nitrogens with one attached hydrogen (secondary N) is 1. The van der Waals surface area contributed by atoms with Crippen molar-refractivity contribution in [2.75, 3.05) is 11.9 Å². The molecule has 3 N–H and O–H groups in total. The van der Waals surface area contributed by atoms with Crippen LogP contribution in [0.1, 0.15) is 11.1 Å². The van der Waals surface area contributed by atoms with E-state index in [2.05, 4.69) is 11.4 Å². The number of carbonyl (C=O) groups excluding carboxylic acids is 1. The van der Waals surface area contributed by atoms with Crippen molar-refractivity contribution >= 4 is 11.6 Å². The predicted octanol–water partition coefficient (Wildman–Crippen LogP) is 0.682. The van der Waals surface area contributed by atoms with Crippen molar-refractivity contribution in [3.63, 3.8) is 0 Å². The van der Waals surface area contributed by atoms with Gasteiger partial charge in [0.2, 0.25) is 5.91 Å². The number of fused-ring (bicyclic) bond motifs is 1. The summed E-state index contributed by atoms with van der Waals surface area (Å²) in [5.41, 5.74) is 8.57. The van der Waals surface area contributed by atoms with E-state index in [1.54, 1.807) is 0 Å². The maximum absolute atomic E-state index is 10.8. The van der Waals surface area contributed by atoms with E-state index in [4.69, 9.17) is 5.73 Å². The van der Waals surface area contributed by atoms with Gasteiger partial charge in [0.05, 0.1) is 6.42 Å². The zero-order valence-electron chi connectivity index (χ0n) is 7.34. The lowest BCUT2D eigenvalue weighted by Gasteiger charge is -2.06. The number of hydrogen-bond acceptors (Lipinski definition) is 2. The maximum atomic E-state index is 10.8. The van der Waals surface area contributed by atoms with Crippen LogP contribution >= 0.6 is 0 Å². The molecule has 1 aliphatic rings. The van der Waals surface area contributed by atoms with E-state index in [0.717, 1.165) is 24.2 Å². The highest BCUT2D eigenvalue weighted by Gasteiger charge is 2.14. The van der Waals surface area contributed by atoms with Gasteiger partial charge in [0, 0.05) is 12.2 Å². The van der Waals surface area contributed by atoms with E-state index in [0.29, 0.717) is 6.42 Å². The third kappa shape index (κ3) is 1.49. The minimum Gasteiger partial charge on any atom is -0.384 e. The average Bonchev–Trinajstić information content (AvgIpc) is 2.51. The van der Waals surface area contributed by atoms with Crippen LogP contribution in [0.2, 0.25) is 0 Å². The molecule has 0 saturated heterocycles. The predicted molar refractivity (Wildman–Crippen MR) is 51.5 cm³/mol. The second-order valence-corrected chi connectivity index (χ2v) is 3.27. The fourth-order valence-electron chi connectivity index (χ4n) is 1.75. The minimum atomic E-state index is -0.276. The van der Waals surface area contributed by atoms with Crippen LogP contribution in [0.4, 0.5) is 5.69 Å². The summed E-state index contributed by atoms with van der Waals surface area (Å²) in [7, 11) is 0. The molecule has 3 heteroatoms. The van der Waals surface area contributed by atoms with Gasteiger partial charge in [-0.3, -0.25) is 4.79 Å². The Balaban J connectivity index is 2.36. The van der Waals surface area contributed by atoms with Crippen LogP contribution in [-0.4, -0.2) is 12.5 Å². The zero-order valence-corrected chi connectivity index (χ0v) is 7.34. The summed E-state index contributed by atoms with van der Waals surface area (Å²) < 4.78 is 0. The first-order valence-electron chi connectivity index (χ1n) is 4.40. The van der Waals surface area contributed by atoms with Crippen molar-refractivity contribution in [3.8, 4) is 0 Å². The number of carbonyl (C=O) groups is 1. The Morgan fingerprint density at radius 1 is 1.54 bits per heavy atom. The highest BCUT2D eigenvalue weighted by atomic mass is 16.1. The van der Waals surface area contributed by atoms with Gasteiger partial charge in [0.25, 0.3) is 0 Å². The van der Waals surface area contributed by atoms with Crippen LogP contribution in [0.3, 0.4) is 0 Å². The Labute approximate surface area is 76.9 Å². The van der Waals surface area contributed by atoms with Crippen LogP contribution in [0.25, 0.3) is 0 Å². The molecule has 68 valence electrons. The van der Waals surface area contributed by atoms with E-state index in [1.165, 1.54) is 5.56 Å². The summed E-state index contributed by atoms with van der Waals surface area (Å²) in [5, 5.41) is 3.27. The van der Waals surface area contributed by atoms with Crippen LogP contribution in [0, 0.1) is 0 Å². The summed E-state index contributed by atoms with van der Waals surface area (Å²) in [5.74, 6) is -0.276. The smallest absolute Gasteiger partial charge is 0.221 e. The molecule has 0 saturated carbocycles. The first-order valence-corrected chi connectivity index (χ1v) is 4.40. The molecule has 0 fully saturated rings. The summed E-state index contributed by atoms with van der Waals surface area (Å²) >= 11 is 0. The van der Waals surface area contributed by atoms with Gasteiger partial charge < -0.3 is 11.1 Å². The fraction of sp³-hybridized carbons (Fsp3) is 0.300. The number of amides is 1. The van der Waals surface area contributed by atoms with Crippen molar-refractivity contribution in [3.05, 3.63) is 29.3 Å². The summed E-state index contributed by atoms with van der Waals surface area (Å²) in [6, 6.07) is 6.01. The third-order valence-electron chi connectivity index (χ3n) is 2.30. The van der Waals surface area contributed by atoms with Gasteiger partial charge >= 0.3 is 0 Å². The third-order valence-corrected chi connectivity index (χ3v) is 2.30. The van der Waals surface area contributed by atoms with Crippen molar-refractivity contribution < 1.29 is 4.79 Å². The molecule has 1 aromatic carbocycles. The normalized spacial score (nSPS) is 13.5. The van der Waals surface area contributed by atoms with Crippen molar-refractivity contribution in [1.29, 1.82) is 0 Å². The van der Waals surface area contributed by atoms with Gasteiger partial charge in [-0.1, -0.05) is 18.2 Å². The summed E-state index contributed by atoms with van der Waals surface area (Å²) in [4.78, 5) is 10.8. The Morgan fingerprint density at radius 2 is 2.38 bits per heavy atom. The van der Waals surface area contributed by atoms with Crippen LogP contribution < -0.4 is 11.1 Å². The molecule has 0 spiro atoms. The summed E-state index contributed by atoms with van der Waals surface area (Å²) in [6.45, 7) is 0.963. The Hall–Kier alpha value is -1.51. The molecule has 0 bridgehead atoms. The number of para-hydroxylation sites is 1. The van der Waals surface area contributed by atoms with E-state index in [1.807, 2.05) is 12.1 Å². The summed E-state index contributed by atoms with van der Waals surface area (Å²) in [6.07, 6.45) is 1.37.